The Morgan fingerprint density at radius 2 is 2.04 bits per heavy atom. The van der Waals surface area contributed by atoms with Gasteiger partial charge in [0.2, 0.25) is 0 Å². The predicted molar refractivity (Wildman–Crippen MR) is 127 cm³/mol. The zero-order valence-electron chi connectivity index (χ0n) is 18.3. The van der Waals surface area contributed by atoms with E-state index >= 15 is 0 Å². The number of ether oxygens (including phenoxy) is 1. The molecule has 0 amide bonds. The molecule has 7 nitrogen and oxygen atoms in total. The number of rotatable bonds is 9. The molecule has 1 aromatic heterocycles. The molecule has 28 heavy (non-hydrogen) atoms. The smallest absolute Gasteiger partial charge is 0.191 e. The summed E-state index contributed by atoms with van der Waals surface area (Å²) in [6.07, 6.45) is 5.30. The summed E-state index contributed by atoms with van der Waals surface area (Å²) in [6.45, 7) is 11.9. The summed E-state index contributed by atoms with van der Waals surface area (Å²) < 4.78 is 7.19. The van der Waals surface area contributed by atoms with Gasteiger partial charge in [-0.3, -0.25) is 14.6 Å². The fourth-order valence-electron chi connectivity index (χ4n) is 3.91. The number of nitrogens with one attached hydrogen (secondary N) is 2. The van der Waals surface area contributed by atoms with Crippen molar-refractivity contribution in [2.75, 3.05) is 40.4 Å². The van der Waals surface area contributed by atoms with E-state index in [1.165, 1.54) is 43.5 Å². The average molecular weight is 506 g/mol. The molecule has 162 valence electrons. The summed E-state index contributed by atoms with van der Waals surface area (Å²) in [7, 11) is 3.54. The Labute approximate surface area is 187 Å². The number of halogens is 1. The highest BCUT2D eigenvalue weighted by molar-refractivity contribution is 14.0. The van der Waals surface area contributed by atoms with Gasteiger partial charge >= 0.3 is 0 Å². The van der Waals surface area contributed by atoms with Gasteiger partial charge in [-0.15, -0.1) is 24.0 Å². The zero-order chi connectivity index (χ0) is 19.6. The molecule has 0 radical (unpaired) electrons. The van der Waals surface area contributed by atoms with Gasteiger partial charge in [-0.2, -0.15) is 5.10 Å². The molecule has 2 rings (SSSR count). The second-order valence-electron chi connectivity index (χ2n) is 7.31. The number of aliphatic imine (C=N–C) groups is 1. The molecule has 1 fully saturated rings. The molecule has 1 atom stereocenters. The SMILES string of the molecule is CCC1CCCCN1CCNC(=NC)NCc1c(C)nn(CCOC)c1C.I. The van der Waals surface area contributed by atoms with Gasteiger partial charge in [-0.1, -0.05) is 13.3 Å². The van der Waals surface area contributed by atoms with Crippen molar-refractivity contribution < 1.29 is 4.74 Å². The lowest BCUT2D eigenvalue weighted by Gasteiger charge is -2.35. The lowest BCUT2D eigenvalue weighted by atomic mass is 10.0. The van der Waals surface area contributed by atoms with Crippen molar-refractivity contribution in [2.24, 2.45) is 4.99 Å². The maximum absolute atomic E-state index is 5.17. The van der Waals surface area contributed by atoms with E-state index in [9.17, 15) is 0 Å². The van der Waals surface area contributed by atoms with Crippen LogP contribution in [0, 0.1) is 13.8 Å². The van der Waals surface area contributed by atoms with Crippen molar-refractivity contribution in [3.8, 4) is 0 Å². The number of aromatic nitrogens is 2. The van der Waals surface area contributed by atoms with Gasteiger partial charge in [0.15, 0.2) is 5.96 Å². The number of likely N-dealkylation sites (tertiary alicyclic amines) is 1. The van der Waals surface area contributed by atoms with Crippen molar-refractivity contribution in [1.82, 2.24) is 25.3 Å². The summed E-state index contributed by atoms with van der Waals surface area (Å²) in [6, 6.07) is 0.749. The molecule has 0 aliphatic carbocycles. The van der Waals surface area contributed by atoms with Gasteiger partial charge in [0, 0.05) is 51.1 Å². The fourth-order valence-corrected chi connectivity index (χ4v) is 3.91. The Morgan fingerprint density at radius 1 is 1.25 bits per heavy atom. The van der Waals surface area contributed by atoms with Crippen LogP contribution in [-0.2, 0) is 17.8 Å². The van der Waals surface area contributed by atoms with E-state index in [4.69, 9.17) is 4.74 Å². The first-order valence-electron chi connectivity index (χ1n) is 10.3. The summed E-state index contributed by atoms with van der Waals surface area (Å²) in [5, 5.41) is 11.5. The number of aryl methyl sites for hydroxylation is 1. The van der Waals surface area contributed by atoms with Crippen molar-refractivity contribution in [3.63, 3.8) is 0 Å². The van der Waals surface area contributed by atoms with Crippen LogP contribution >= 0.6 is 24.0 Å². The van der Waals surface area contributed by atoms with E-state index in [1.807, 2.05) is 11.7 Å². The third kappa shape index (κ3) is 7.18. The Bertz CT molecular complexity index is 604. The van der Waals surface area contributed by atoms with Gasteiger partial charge < -0.3 is 15.4 Å². The van der Waals surface area contributed by atoms with Crippen LogP contribution in [-0.4, -0.2) is 67.1 Å². The summed E-state index contributed by atoms with van der Waals surface area (Å²) in [5.74, 6) is 0.850. The molecule has 1 saturated heterocycles. The maximum Gasteiger partial charge on any atom is 0.191 e. The van der Waals surface area contributed by atoms with Crippen molar-refractivity contribution in [3.05, 3.63) is 17.0 Å². The largest absolute Gasteiger partial charge is 0.383 e. The lowest BCUT2D eigenvalue weighted by molar-refractivity contribution is 0.147. The summed E-state index contributed by atoms with van der Waals surface area (Å²) in [4.78, 5) is 6.99. The first kappa shape index (κ1) is 25.2. The molecule has 1 aliphatic rings. The number of hydrogen-bond acceptors (Lipinski definition) is 4. The normalized spacial score (nSPS) is 18.0. The number of piperidine rings is 1. The first-order chi connectivity index (χ1) is 13.1. The average Bonchev–Trinajstić information content (AvgIpc) is 2.96. The number of nitrogens with zero attached hydrogens (tertiary/aromatic N) is 4. The van der Waals surface area contributed by atoms with E-state index in [1.54, 1.807) is 7.11 Å². The monoisotopic (exact) mass is 506 g/mol. The van der Waals surface area contributed by atoms with Crippen molar-refractivity contribution in [2.45, 2.75) is 65.6 Å². The summed E-state index contributed by atoms with van der Waals surface area (Å²) >= 11 is 0. The van der Waals surface area contributed by atoms with Crippen LogP contribution in [0.2, 0.25) is 0 Å². The molecule has 1 unspecified atom stereocenters. The minimum atomic E-state index is 0. The van der Waals surface area contributed by atoms with E-state index in [-0.39, 0.29) is 24.0 Å². The van der Waals surface area contributed by atoms with Crippen molar-refractivity contribution >= 4 is 29.9 Å². The van der Waals surface area contributed by atoms with Crippen LogP contribution in [0.15, 0.2) is 4.99 Å². The van der Waals surface area contributed by atoms with Gasteiger partial charge in [0.1, 0.15) is 0 Å². The van der Waals surface area contributed by atoms with Gasteiger partial charge in [-0.25, -0.2) is 0 Å². The minimum Gasteiger partial charge on any atom is -0.383 e. The van der Waals surface area contributed by atoms with Gasteiger partial charge in [-0.05, 0) is 39.7 Å². The highest BCUT2D eigenvalue weighted by Gasteiger charge is 2.20. The van der Waals surface area contributed by atoms with E-state index < -0.39 is 0 Å². The van der Waals surface area contributed by atoms with Crippen LogP contribution in [0.1, 0.15) is 49.6 Å². The van der Waals surface area contributed by atoms with Crippen LogP contribution in [0.5, 0.6) is 0 Å². The predicted octanol–water partition coefficient (Wildman–Crippen LogP) is 2.69. The fraction of sp³-hybridized carbons (Fsp3) is 0.800. The lowest BCUT2D eigenvalue weighted by Crippen LogP contribution is -2.45. The molecule has 0 saturated carbocycles. The standard InChI is InChI=1S/C20H38N6O.HI/c1-6-18-9-7-8-11-25(18)12-10-22-20(21-4)23-15-19-16(2)24-26(17(19)3)13-14-27-5;/h18H,6-15H2,1-5H3,(H2,21,22,23);1H. The van der Waals surface area contributed by atoms with Crippen LogP contribution in [0.4, 0.5) is 0 Å². The van der Waals surface area contributed by atoms with E-state index in [2.05, 4.69) is 46.4 Å². The molecule has 1 aromatic rings. The zero-order valence-corrected chi connectivity index (χ0v) is 20.6. The Balaban J connectivity index is 0.00000392. The minimum absolute atomic E-state index is 0. The molecular weight excluding hydrogens is 467 g/mol. The number of hydrogen-bond donors (Lipinski definition) is 2. The Hall–Kier alpha value is -0.870. The van der Waals surface area contributed by atoms with Crippen LogP contribution in [0.25, 0.3) is 0 Å². The van der Waals surface area contributed by atoms with Crippen LogP contribution in [0.3, 0.4) is 0 Å². The highest BCUT2D eigenvalue weighted by atomic mass is 127. The van der Waals surface area contributed by atoms with Gasteiger partial charge in [0.25, 0.3) is 0 Å². The quantitative estimate of drug-likeness (QED) is 0.306. The molecule has 2 N–H and O–H groups in total. The second kappa shape index (κ2) is 13.4. The maximum atomic E-state index is 5.17. The van der Waals surface area contributed by atoms with E-state index in [0.717, 1.165) is 43.9 Å². The third-order valence-electron chi connectivity index (χ3n) is 5.61. The molecule has 1 aliphatic heterocycles. The molecule has 2 heterocycles. The number of methoxy groups -OCH3 is 1. The molecular formula is C20H39IN6O. The second-order valence-corrected chi connectivity index (χ2v) is 7.31. The number of guanidine groups is 1. The molecule has 0 spiro atoms. The Morgan fingerprint density at radius 3 is 2.71 bits per heavy atom. The topological polar surface area (TPSA) is 66.7 Å². The van der Waals surface area contributed by atoms with E-state index in [0.29, 0.717) is 6.61 Å². The van der Waals surface area contributed by atoms with Gasteiger partial charge in [0.05, 0.1) is 18.8 Å². The molecule has 8 heteroatoms. The first-order valence-corrected chi connectivity index (χ1v) is 10.3. The summed E-state index contributed by atoms with van der Waals surface area (Å²) in [5.41, 5.74) is 3.48. The van der Waals surface area contributed by atoms with Crippen LogP contribution < -0.4 is 10.6 Å². The molecule has 0 bridgehead atoms. The van der Waals surface area contributed by atoms with Crippen molar-refractivity contribution in [1.29, 1.82) is 0 Å². The third-order valence-corrected chi connectivity index (χ3v) is 5.61. The highest BCUT2D eigenvalue weighted by Crippen LogP contribution is 2.18. The molecule has 0 aromatic carbocycles. The Kier molecular flexibility index (Phi) is 12.0.